The van der Waals surface area contributed by atoms with Crippen LogP contribution >= 0.6 is 22.9 Å². The van der Waals surface area contributed by atoms with E-state index in [9.17, 15) is 14.4 Å². The number of fused-ring (bicyclic) bond motifs is 1. The normalized spacial score (nSPS) is 11.0. The topological polar surface area (TPSA) is 73.5 Å². The number of thiophene rings is 1. The average molecular weight is 436 g/mol. The molecule has 0 N–H and O–H groups in total. The molecule has 0 aliphatic rings. The monoisotopic (exact) mass is 435 g/mol. The van der Waals surface area contributed by atoms with E-state index >= 15 is 0 Å². The minimum absolute atomic E-state index is 0.121. The minimum Gasteiger partial charge on any atom is -0.462 e. The van der Waals surface area contributed by atoms with Crippen molar-refractivity contribution < 1.29 is 14.3 Å². The summed E-state index contributed by atoms with van der Waals surface area (Å²) in [6.45, 7) is 4.60. The number of hydrogen-bond donors (Lipinski definition) is 0. The molecular formula is C20H22ClN3O4S. The first-order valence-corrected chi connectivity index (χ1v) is 10.4. The number of benzene rings is 1. The molecule has 0 bridgehead atoms. The van der Waals surface area contributed by atoms with Crippen LogP contribution in [0.5, 0.6) is 0 Å². The summed E-state index contributed by atoms with van der Waals surface area (Å²) in [5, 5.41) is 0. The smallest absolute Gasteiger partial charge is 0.338 e. The van der Waals surface area contributed by atoms with Gasteiger partial charge in [0.1, 0.15) is 6.54 Å². The lowest BCUT2D eigenvalue weighted by Gasteiger charge is -2.16. The number of imidazole rings is 1. The third-order valence-corrected chi connectivity index (χ3v) is 5.80. The van der Waals surface area contributed by atoms with Crippen LogP contribution in [0.15, 0.2) is 35.1 Å². The number of likely N-dealkylation sites (N-methyl/N-ethyl adjacent to an activating group) is 1. The van der Waals surface area contributed by atoms with Gasteiger partial charge in [0.15, 0.2) is 0 Å². The predicted octanol–water partition coefficient (Wildman–Crippen LogP) is 3.37. The third-order valence-electron chi connectivity index (χ3n) is 4.59. The molecule has 1 aromatic carbocycles. The number of hydrogen-bond acceptors (Lipinski definition) is 5. The Hall–Kier alpha value is -2.58. The van der Waals surface area contributed by atoms with Crippen molar-refractivity contribution in [3.05, 3.63) is 55.6 Å². The molecule has 0 spiro atoms. The van der Waals surface area contributed by atoms with Crippen LogP contribution in [0, 0.1) is 0 Å². The van der Waals surface area contributed by atoms with Gasteiger partial charge in [-0.2, -0.15) is 0 Å². The Morgan fingerprint density at radius 3 is 2.52 bits per heavy atom. The molecule has 0 saturated heterocycles. The molecule has 1 amide bonds. The average Bonchev–Trinajstić information content (AvgIpc) is 3.22. The van der Waals surface area contributed by atoms with Crippen LogP contribution in [0.3, 0.4) is 0 Å². The molecule has 0 fully saturated rings. The first-order valence-electron chi connectivity index (χ1n) is 9.24. The van der Waals surface area contributed by atoms with Gasteiger partial charge in [0, 0.05) is 18.5 Å². The summed E-state index contributed by atoms with van der Waals surface area (Å²) >= 11 is 7.36. The Bertz CT molecular complexity index is 1110. The predicted molar refractivity (Wildman–Crippen MR) is 114 cm³/mol. The van der Waals surface area contributed by atoms with Crippen molar-refractivity contribution in [3.8, 4) is 0 Å². The third kappa shape index (κ3) is 4.38. The van der Waals surface area contributed by atoms with Gasteiger partial charge in [0.2, 0.25) is 5.91 Å². The van der Waals surface area contributed by atoms with E-state index < -0.39 is 5.97 Å². The molecule has 0 saturated carbocycles. The molecule has 9 heteroatoms. The molecule has 29 heavy (non-hydrogen) atoms. The van der Waals surface area contributed by atoms with Crippen molar-refractivity contribution in [2.45, 2.75) is 33.5 Å². The maximum absolute atomic E-state index is 12.9. The Morgan fingerprint density at radius 1 is 1.14 bits per heavy atom. The van der Waals surface area contributed by atoms with E-state index in [2.05, 4.69) is 0 Å². The highest BCUT2D eigenvalue weighted by atomic mass is 35.5. The number of esters is 1. The molecule has 7 nitrogen and oxygen atoms in total. The first-order chi connectivity index (χ1) is 13.8. The van der Waals surface area contributed by atoms with Gasteiger partial charge in [-0.1, -0.05) is 11.6 Å². The van der Waals surface area contributed by atoms with Gasteiger partial charge < -0.3 is 9.64 Å². The second-order valence-electron chi connectivity index (χ2n) is 6.49. The number of carbonyl (C=O) groups excluding carboxylic acids is 2. The largest absolute Gasteiger partial charge is 0.462 e. The fourth-order valence-electron chi connectivity index (χ4n) is 3.13. The molecule has 0 atom stereocenters. The summed E-state index contributed by atoms with van der Waals surface area (Å²) < 4.78 is 8.70. The summed E-state index contributed by atoms with van der Waals surface area (Å²) in [6, 6.07) is 8.61. The number of amides is 1. The van der Waals surface area contributed by atoms with Crippen molar-refractivity contribution in [1.82, 2.24) is 14.0 Å². The zero-order valence-electron chi connectivity index (χ0n) is 16.5. The number of aryl methyl sites for hydroxylation is 1. The van der Waals surface area contributed by atoms with E-state index in [1.165, 1.54) is 15.9 Å². The second kappa shape index (κ2) is 8.84. The molecule has 0 aliphatic carbocycles. The molecule has 2 heterocycles. The highest BCUT2D eigenvalue weighted by Crippen LogP contribution is 2.22. The maximum atomic E-state index is 12.9. The lowest BCUT2D eigenvalue weighted by Crippen LogP contribution is -2.34. The Morgan fingerprint density at radius 2 is 1.90 bits per heavy atom. The summed E-state index contributed by atoms with van der Waals surface area (Å²) in [5.74, 6) is -0.677. The van der Waals surface area contributed by atoms with Gasteiger partial charge >= 0.3 is 11.7 Å². The van der Waals surface area contributed by atoms with E-state index in [1.54, 1.807) is 47.7 Å². The SMILES string of the molecule is CCOC(=O)c1ccc2c(c1)n(CC(=O)N(C)Cc1ccc(Cl)s1)c(=O)n2CC. The number of aromatic nitrogens is 2. The molecule has 0 unspecified atom stereocenters. The lowest BCUT2D eigenvalue weighted by molar-refractivity contribution is -0.131. The summed E-state index contributed by atoms with van der Waals surface area (Å²) in [5.41, 5.74) is 1.26. The fraction of sp³-hybridized carbons (Fsp3) is 0.350. The Kier molecular flexibility index (Phi) is 6.44. The van der Waals surface area contributed by atoms with Gasteiger partial charge in [0.05, 0.1) is 34.1 Å². The number of carbonyl (C=O) groups is 2. The van der Waals surface area contributed by atoms with Gasteiger partial charge in [-0.15, -0.1) is 11.3 Å². The standard InChI is InChI=1S/C20H22ClN3O4S/c1-4-23-15-8-6-13(19(26)28-5-2)10-16(15)24(20(23)27)12-18(25)22(3)11-14-7-9-17(21)29-14/h6-10H,4-5,11-12H2,1-3H3. The minimum atomic E-state index is -0.462. The van der Waals surface area contributed by atoms with Gasteiger partial charge in [0.25, 0.3) is 0 Å². The van der Waals surface area contributed by atoms with E-state index in [1.807, 2.05) is 13.0 Å². The van der Waals surface area contributed by atoms with Crippen LogP contribution in [0.4, 0.5) is 0 Å². The Labute approximate surface area is 177 Å². The van der Waals surface area contributed by atoms with Crippen LogP contribution < -0.4 is 5.69 Å². The van der Waals surface area contributed by atoms with Crippen LogP contribution in [-0.4, -0.2) is 39.6 Å². The van der Waals surface area contributed by atoms with E-state index in [0.717, 1.165) is 4.88 Å². The highest BCUT2D eigenvalue weighted by molar-refractivity contribution is 7.16. The van der Waals surface area contributed by atoms with Crippen LogP contribution in [0.25, 0.3) is 11.0 Å². The van der Waals surface area contributed by atoms with Gasteiger partial charge in [-0.05, 0) is 44.2 Å². The van der Waals surface area contributed by atoms with Gasteiger partial charge in [-0.3, -0.25) is 13.9 Å². The van der Waals surface area contributed by atoms with Gasteiger partial charge in [-0.25, -0.2) is 9.59 Å². The first kappa shape index (κ1) is 21.1. The molecule has 0 radical (unpaired) electrons. The van der Waals surface area contributed by atoms with Crippen molar-refractivity contribution >= 4 is 45.8 Å². The maximum Gasteiger partial charge on any atom is 0.338 e. The molecular weight excluding hydrogens is 414 g/mol. The van der Waals surface area contributed by atoms with Crippen molar-refractivity contribution in [2.24, 2.45) is 0 Å². The number of ether oxygens (including phenoxy) is 1. The van der Waals surface area contributed by atoms with Crippen LogP contribution in [0.1, 0.15) is 29.1 Å². The summed E-state index contributed by atoms with van der Waals surface area (Å²) in [7, 11) is 1.68. The van der Waals surface area contributed by atoms with E-state index in [-0.39, 0.29) is 24.7 Å². The summed E-state index contributed by atoms with van der Waals surface area (Å²) in [6.07, 6.45) is 0. The number of rotatable bonds is 7. The molecule has 2 aromatic heterocycles. The molecule has 0 aliphatic heterocycles. The zero-order chi connectivity index (χ0) is 21.1. The van der Waals surface area contributed by atoms with Crippen LogP contribution in [-0.2, 0) is 29.2 Å². The number of nitrogens with zero attached hydrogens (tertiary/aromatic N) is 3. The van der Waals surface area contributed by atoms with Crippen LogP contribution in [0.2, 0.25) is 4.34 Å². The molecule has 154 valence electrons. The second-order valence-corrected chi connectivity index (χ2v) is 8.29. The van der Waals surface area contributed by atoms with Crippen molar-refractivity contribution in [2.75, 3.05) is 13.7 Å². The number of halogens is 1. The summed E-state index contributed by atoms with van der Waals surface area (Å²) in [4.78, 5) is 40.3. The fourth-order valence-corrected chi connectivity index (χ4v) is 4.28. The zero-order valence-corrected chi connectivity index (χ0v) is 18.0. The molecule has 3 aromatic rings. The van der Waals surface area contributed by atoms with E-state index in [0.29, 0.717) is 34.0 Å². The lowest BCUT2D eigenvalue weighted by atomic mass is 10.2. The van der Waals surface area contributed by atoms with Crippen molar-refractivity contribution in [3.63, 3.8) is 0 Å². The quantitative estimate of drug-likeness (QED) is 0.533. The Balaban J connectivity index is 1.93. The van der Waals surface area contributed by atoms with E-state index in [4.69, 9.17) is 16.3 Å². The van der Waals surface area contributed by atoms with Crippen molar-refractivity contribution in [1.29, 1.82) is 0 Å². The molecule has 3 rings (SSSR count). The highest BCUT2D eigenvalue weighted by Gasteiger charge is 2.19.